The van der Waals surface area contributed by atoms with Crippen LogP contribution >= 0.6 is 23.2 Å². The predicted octanol–water partition coefficient (Wildman–Crippen LogP) is 4.21. The van der Waals surface area contributed by atoms with Gasteiger partial charge in [-0.05, 0) is 36.4 Å². The monoisotopic (exact) mass is 352 g/mol. The Morgan fingerprint density at radius 3 is 2.35 bits per heavy atom. The molecule has 2 rings (SSSR count). The molecule has 0 fully saturated rings. The van der Waals surface area contributed by atoms with Gasteiger partial charge in [-0.25, -0.2) is 0 Å². The van der Waals surface area contributed by atoms with Gasteiger partial charge in [0, 0.05) is 18.2 Å². The molecule has 0 saturated carbocycles. The van der Waals surface area contributed by atoms with Crippen LogP contribution in [-0.2, 0) is 4.79 Å². The van der Waals surface area contributed by atoms with Gasteiger partial charge in [0.2, 0.25) is 5.91 Å². The molecule has 0 bridgehead atoms. The SMILES string of the molecule is COc1ccc(NC(C)=O)cc1NC(=O)c1ccc(Cl)c(Cl)c1. The van der Waals surface area contributed by atoms with Gasteiger partial charge in [-0.3, -0.25) is 9.59 Å². The summed E-state index contributed by atoms with van der Waals surface area (Å²) in [7, 11) is 1.49. The molecule has 23 heavy (non-hydrogen) atoms. The molecule has 0 aliphatic carbocycles. The Labute approximate surface area is 143 Å². The van der Waals surface area contributed by atoms with Crippen LogP contribution in [0, 0.1) is 0 Å². The molecule has 0 aliphatic rings. The Bertz CT molecular complexity index is 763. The highest BCUT2D eigenvalue weighted by molar-refractivity contribution is 6.42. The fourth-order valence-corrected chi connectivity index (χ4v) is 2.22. The van der Waals surface area contributed by atoms with Gasteiger partial charge in [-0.2, -0.15) is 0 Å². The Morgan fingerprint density at radius 1 is 1.00 bits per heavy atom. The molecule has 0 aromatic heterocycles. The third kappa shape index (κ3) is 4.37. The number of amides is 2. The van der Waals surface area contributed by atoms with Gasteiger partial charge in [0.25, 0.3) is 5.91 Å². The Kier molecular flexibility index (Phi) is 5.47. The van der Waals surface area contributed by atoms with E-state index in [0.717, 1.165) is 0 Å². The van der Waals surface area contributed by atoms with Crippen molar-refractivity contribution >= 4 is 46.4 Å². The lowest BCUT2D eigenvalue weighted by Gasteiger charge is -2.12. The molecule has 0 spiro atoms. The molecule has 0 unspecified atom stereocenters. The van der Waals surface area contributed by atoms with Gasteiger partial charge in [-0.15, -0.1) is 0 Å². The van der Waals surface area contributed by atoms with Crippen LogP contribution in [0.5, 0.6) is 5.75 Å². The maximum absolute atomic E-state index is 12.3. The highest BCUT2D eigenvalue weighted by Gasteiger charge is 2.12. The zero-order valence-electron chi connectivity index (χ0n) is 12.4. The lowest BCUT2D eigenvalue weighted by Crippen LogP contribution is -2.13. The zero-order valence-corrected chi connectivity index (χ0v) is 14.0. The first-order chi connectivity index (χ1) is 10.9. The summed E-state index contributed by atoms with van der Waals surface area (Å²) in [5, 5.41) is 6.02. The fraction of sp³-hybridized carbons (Fsp3) is 0.125. The molecule has 7 heteroatoms. The molecule has 0 radical (unpaired) electrons. The largest absolute Gasteiger partial charge is 0.495 e. The third-order valence-corrected chi connectivity index (χ3v) is 3.69. The Balaban J connectivity index is 2.28. The molecule has 0 heterocycles. The summed E-state index contributed by atoms with van der Waals surface area (Å²) < 4.78 is 5.21. The van der Waals surface area contributed by atoms with Gasteiger partial charge in [0.15, 0.2) is 0 Å². The van der Waals surface area contributed by atoms with Gasteiger partial charge >= 0.3 is 0 Å². The highest BCUT2D eigenvalue weighted by Crippen LogP contribution is 2.29. The summed E-state index contributed by atoms with van der Waals surface area (Å²) in [4.78, 5) is 23.5. The van der Waals surface area contributed by atoms with E-state index in [1.807, 2.05) is 0 Å². The number of hydrogen-bond donors (Lipinski definition) is 2. The third-order valence-electron chi connectivity index (χ3n) is 2.95. The molecule has 2 amide bonds. The van der Waals surface area contributed by atoms with Crippen LogP contribution in [-0.4, -0.2) is 18.9 Å². The van der Waals surface area contributed by atoms with Crippen molar-refractivity contribution in [1.82, 2.24) is 0 Å². The van der Waals surface area contributed by atoms with Crippen LogP contribution < -0.4 is 15.4 Å². The molecule has 0 saturated heterocycles. The van der Waals surface area contributed by atoms with Crippen molar-refractivity contribution in [3.05, 3.63) is 52.0 Å². The van der Waals surface area contributed by atoms with E-state index in [0.29, 0.717) is 32.7 Å². The smallest absolute Gasteiger partial charge is 0.255 e. The summed E-state index contributed by atoms with van der Waals surface area (Å²) in [5.74, 6) is -0.119. The molecule has 0 atom stereocenters. The number of anilines is 2. The second kappa shape index (κ2) is 7.35. The predicted molar refractivity (Wildman–Crippen MR) is 91.7 cm³/mol. The number of nitrogens with one attached hydrogen (secondary N) is 2. The first kappa shape index (κ1) is 17.1. The number of hydrogen-bond acceptors (Lipinski definition) is 3. The van der Waals surface area contributed by atoms with E-state index in [1.165, 1.54) is 20.1 Å². The maximum Gasteiger partial charge on any atom is 0.255 e. The Hall–Kier alpha value is -2.24. The van der Waals surface area contributed by atoms with E-state index < -0.39 is 0 Å². The second-order valence-electron chi connectivity index (χ2n) is 4.68. The summed E-state index contributed by atoms with van der Waals surface area (Å²) in [5.41, 5.74) is 1.32. The fourth-order valence-electron chi connectivity index (χ4n) is 1.92. The van der Waals surface area contributed by atoms with E-state index in [-0.39, 0.29) is 11.8 Å². The summed E-state index contributed by atoms with van der Waals surface area (Å²) in [6.07, 6.45) is 0. The van der Waals surface area contributed by atoms with Crippen molar-refractivity contribution in [2.24, 2.45) is 0 Å². The van der Waals surface area contributed by atoms with Crippen molar-refractivity contribution in [2.45, 2.75) is 6.92 Å². The topological polar surface area (TPSA) is 67.4 Å². The van der Waals surface area contributed by atoms with Crippen LogP contribution in [0.25, 0.3) is 0 Å². The van der Waals surface area contributed by atoms with Crippen molar-refractivity contribution in [2.75, 3.05) is 17.7 Å². The Morgan fingerprint density at radius 2 is 1.74 bits per heavy atom. The van der Waals surface area contributed by atoms with Crippen LogP contribution in [0.1, 0.15) is 17.3 Å². The minimum Gasteiger partial charge on any atom is -0.495 e. The van der Waals surface area contributed by atoms with Crippen LogP contribution in [0.4, 0.5) is 11.4 Å². The van der Waals surface area contributed by atoms with E-state index in [2.05, 4.69) is 10.6 Å². The molecule has 2 aromatic rings. The van der Waals surface area contributed by atoms with Crippen molar-refractivity contribution in [3.63, 3.8) is 0 Å². The minimum atomic E-state index is -0.373. The second-order valence-corrected chi connectivity index (χ2v) is 5.49. The number of benzene rings is 2. The van der Waals surface area contributed by atoms with Gasteiger partial charge in [-0.1, -0.05) is 23.2 Å². The number of halogens is 2. The van der Waals surface area contributed by atoms with Crippen LogP contribution in [0.2, 0.25) is 10.0 Å². The molecular formula is C16H14Cl2N2O3. The van der Waals surface area contributed by atoms with Gasteiger partial charge in [0.05, 0.1) is 22.8 Å². The quantitative estimate of drug-likeness (QED) is 0.865. The van der Waals surface area contributed by atoms with E-state index in [9.17, 15) is 9.59 Å². The van der Waals surface area contributed by atoms with Crippen LogP contribution in [0.15, 0.2) is 36.4 Å². The molecule has 2 aromatic carbocycles. The first-order valence-electron chi connectivity index (χ1n) is 6.62. The van der Waals surface area contributed by atoms with Crippen LogP contribution in [0.3, 0.4) is 0 Å². The van der Waals surface area contributed by atoms with Crippen molar-refractivity contribution in [1.29, 1.82) is 0 Å². The van der Waals surface area contributed by atoms with Gasteiger partial charge in [0.1, 0.15) is 5.75 Å². The minimum absolute atomic E-state index is 0.211. The standard InChI is InChI=1S/C16H14Cl2N2O3/c1-9(21)19-11-4-6-15(23-2)14(8-11)20-16(22)10-3-5-12(17)13(18)7-10/h3-8H,1-2H3,(H,19,21)(H,20,22). The lowest BCUT2D eigenvalue weighted by atomic mass is 10.2. The van der Waals surface area contributed by atoms with Crippen molar-refractivity contribution in [3.8, 4) is 5.75 Å². The molecule has 2 N–H and O–H groups in total. The normalized spacial score (nSPS) is 10.1. The summed E-state index contributed by atoms with van der Waals surface area (Å²) in [6, 6.07) is 9.52. The highest BCUT2D eigenvalue weighted by atomic mass is 35.5. The number of carbonyl (C=O) groups is 2. The number of carbonyl (C=O) groups excluding carboxylic acids is 2. The first-order valence-corrected chi connectivity index (χ1v) is 7.38. The summed E-state index contributed by atoms with van der Waals surface area (Å²) >= 11 is 11.8. The molecule has 120 valence electrons. The zero-order chi connectivity index (χ0) is 17.0. The number of ether oxygens (including phenoxy) is 1. The van der Waals surface area contributed by atoms with E-state index in [4.69, 9.17) is 27.9 Å². The van der Waals surface area contributed by atoms with E-state index >= 15 is 0 Å². The molecule has 0 aliphatic heterocycles. The number of rotatable bonds is 4. The maximum atomic E-state index is 12.3. The van der Waals surface area contributed by atoms with E-state index in [1.54, 1.807) is 30.3 Å². The lowest BCUT2D eigenvalue weighted by molar-refractivity contribution is -0.114. The van der Waals surface area contributed by atoms with Gasteiger partial charge < -0.3 is 15.4 Å². The average Bonchev–Trinajstić information content (AvgIpc) is 2.49. The average molecular weight is 353 g/mol. The summed E-state index contributed by atoms with van der Waals surface area (Å²) in [6.45, 7) is 1.40. The molecule has 5 nitrogen and oxygen atoms in total. The van der Waals surface area contributed by atoms with Crippen molar-refractivity contribution < 1.29 is 14.3 Å². The number of methoxy groups -OCH3 is 1. The molecular weight excluding hydrogens is 339 g/mol.